The van der Waals surface area contributed by atoms with E-state index in [-0.39, 0.29) is 5.82 Å². The molecule has 0 aliphatic carbocycles. The molecule has 0 radical (unpaired) electrons. The molecule has 0 amide bonds. The van der Waals surface area contributed by atoms with E-state index in [1.54, 1.807) is 30.3 Å². The Morgan fingerprint density at radius 3 is 2.56 bits per heavy atom. The Hall–Kier alpha value is -0.690. The second-order valence-electron chi connectivity index (χ2n) is 3.79. The van der Waals surface area contributed by atoms with Crippen molar-refractivity contribution < 1.29 is 4.39 Å². The highest BCUT2D eigenvalue weighted by atomic mass is 127. The van der Waals surface area contributed by atoms with Gasteiger partial charge in [-0.3, -0.25) is 5.84 Å². The summed E-state index contributed by atoms with van der Waals surface area (Å²) in [6, 6.07) is 11.6. The first-order valence-corrected chi connectivity index (χ1v) is 6.74. The molecule has 0 fully saturated rings. The summed E-state index contributed by atoms with van der Waals surface area (Å²) in [6.45, 7) is 0. The Balaban J connectivity index is 2.52. The predicted octanol–water partition coefficient (Wildman–Crippen LogP) is 3.64. The lowest BCUT2D eigenvalue weighted by Gasteiger charge is -2.19. The molecule has 94 valence electrons. The first-order valence-electron chi connectivity index (χ1n) is 5.29. The van der Waals surface area contributed by atoms with E-state index < -0.39 is 6.04 Å². The largest absolute Gasteiger partial charge is 0.271 e. The highest BCUT2D eigenvalue weighted by Gasteiger charge is 2.18. The van der Waals surface area contributed by atoms with Gasteiger partial charge in [0, 0.05) is 14.2 Å². The summed E-state index contributed by atoms with van der Waals surface area (Å²) in [7, 11) is 0. The topological polar surface area (TPSA) is 38.0 Å². The maximum absolute atomic E-state index is 13.8. The molecule has 2 nitrogen and oxygen atoms in total. The fourth-order valence-corrected chi connectivity index (χ4v) is 2.62. The Kier molecular flexibility index (Phi) is 4.55. The van der Waals surface area contributed by atoms with Crippen molar-refractivity contribution in [3.8, 4) is 0 Å². The van der Waals surface area contributed by atoms with Crippen LogP contribution in [0.25, 0.3) is 0 Å². The third kappa shape index (κ3) is 2.83. The fraction of sp³-hybridized carbons (Fsp3) is 0.0769. The summed E-state index contributed by atoms with van der Waals surface area (Å²) in [5, 5.41) is 0.599. The van der Waals surface area contributed by atoms with Crippen molar-refractivity contribution in [3.05, 3.63) is 68.0 Å². The summed E-state index contributed by atoms with van der Waals surface area (Å²) >= 11 is 8.16. The lowest BCUT2D eigenvalue weighted by Crippen LogP contribution is -2.30. The highest BCUT2D eigenvalue weighted by molar-refractivity contribution is 14.1. The maximum atomic E-state index is 13.8. The van der Waals surface area contributed by atoms with Crippen LogP contribution in [0, 0.1) is 9.39 Å². The molecule has 0 saturated carbocycles. The number of rotatable bonds is 3. The summed E-state index contributed by atoms with van der Waals surface area (Å²) in [6.07, 6.45) is 0. The van der Waals surface area contributed by atoms with Crippen molar-refractivity contribution in [1.29, 1.82) is 0 Å². The summed E-state index contributed by atoms with van der Waals surface area (Å²) in [5.74, 6) is 5.27. The second kappa shape index (κ2) is 5.97. The molecule has 0 aliphatic heterocycles. The number of hydrazine groups is 1. The van der Waals surface area contributed by atoms with Crippen LogP contribution in [0.15, 0.2) is 42.5 Å². The lowest BCUT2D eigenvalue weighted by molar-refractivity contribution is 0.559. The average molecular weight is 377 g/mol. The van der Waals surface area contributed by atoms with Gasteiger partial charge in [0.15, 0.2) is 0 Å². The number of benzene rings is 2. The Morgan fingerprint density at radius 2 is 1.89 bits per heavy atom. The molecular formula is C13H11ClFIN2. The normalized spacial score (nSPS) is 12.4. The van der Waals surface area contributed by atoms with Crippen molar-refractivity contribution in [2.45, 2.75) is 6.04 Å². The number of nitrogens with one attached hydrogen (secondary N) is 1. The first kappa shape index (κ1) is 13.7. The average Bonchev–Trinajstić information content (AvgIpc) is 2.36. The van der Waals surface area contributed by atoms with E-state index >= 15 is 0 Å². The van der Waals surface area contributed by atoms with Gasteiger partial charge in [-0.25, -0.2) is 9.82 Å². The van der Waals surface area contributed by atoms with Gasteiger partial charge in [-0.2, -0.15) is 0 Å². The van der Waals surface area contributed by atoms with Crippen LogP contribution in [0.4, 0.5) is 4.39 Å². The summed E-state index contributed by atoms with van der Waals surface area (Å²) in [4.78, 5) is 0. The maximum Gasteiger partial charge on any atom is 0.128 e. The number of nitrogens with two attached hydrogens (primary N) is 1. The molecule has 1 unspecified atom stereocenters. The highest BCUT2D eigenvalue weighted by Crippen LogP contribution is 2.29. The van der Waals surface area contributed by atoms with Gasteiger partial charge in [-0.1, -0.05) is 29.8 Å². The zero-order chi connectivity index (χ0) is 13.1. The van der Waals surface area contributed by atoms with Crippen LogP contribution in [0.2, 0.25) is 5.02 Å². The van der Waals surface area contributed by atoms with Crippen molar-refractivity contribution in [1.82, 2.24) is 5.43 Å². The van der Waals surface area contributed by atoms with Gasteiger partial charge in [-0.15, -0.1) is 0 Å². The van der Waals surface area contributed by atoms with Crippen LogP contribution in [0.1, 0.15) is 17.2 Å². The minimum absolute atomic E-state index is 0.295. The smallest absolute Gasteiger partial charge is 0.128 e. The van der Waals surface area contributed by atoms with Crippen LogP contribution in [0.3, 0.4) is 0 Å². The van der Waals surface area contributed by atoms with Gasteiger partial charge in [0.25, 0.3) is 0 Å². The van der Waals surface area contributed by atoms with Crippen LogP contribution in [-0.2, 0) is 0 Å². The molecule has 2 rings (SSSR count). The van der Waals surface area contributed by atoms with Crippen LogP contribution in [0.5, 0.6) is 0 Å². The molecule has 18 heavy (non-hydrogen) atoms. The van der Waals surface area contributed by atoms with E-state index in [4.69, 9.17) is 17.4 Å². The second-order valence-corrected chi connectivity index (χ2v) is 5.39. The third-order valence-electron chi connectivity index (χ3n) is 2.65. The van der Waals surface area contributed by atoms with E-state index in [2.05, 4.69) is 28.0 Å². The molecule has 3 N–H and O–H groups in total. The van der Waals surface area contributed by atoms with E-state index in [0.29, 0.717) is 10.6 Å². The van der Waals surface area contributed by atoms with E-state index in [0.717, 1.165) is 9.13 Å². The van der Waals surface area contributed by atoms with Crippen LogP contribution in [-0.4, -0.2) is 0 Å². The van der Waals surface area contributed by atoms with Crippen molar-refractivity contribution in [3.63, 3.8) is 0 Å². The molecule has 5 heteroatoms. The zero-order valence-electron chi connectivity index (χ0n) is 9.33. The number of hydrogen-bond acceptors (Lipinski definition) is 2. The minimum Gasteiger partial charge on any atom is -0.271 e. The molecule has 0 aromatic heterocycles. The van der Waals surface area contributed by atoms with Crippen molar-refractivity contribution in [2.24, 2.45) is 5.84 Å². The molecule has 0 aliphatic rings. The van der Waals surface area contributed by atoms with Gasteiger partial charge in [-0.05, 0) is 52.4 Å². The summed E-state index contributed by atoms with van der Waals surface area (Å²) in [5.41, 5.74) is 4.00. The van der Waals surface area contributed by atoms with Gasteiger partial charge < -0.3 is 0 Å². The number of hydrogen-bond donors (Lipinski definition) is 2. The van der Waals surface area contributed by atoms with Gasteiger partial charge in [0.05, 0.1) is 6.04 Å². The van der Waals surface area contributed by atoms with E-state index in [9.17, 15) is 4.39 Å². The van der Waals surface area contributed by atoms with Gasteiger partial charge in [0.2, 0.25) is 0 Å². The van der Waals surface area contributed by atoms with E-state index in [1.807, 2.05) is 6.07 Å². The predicted molar refractivity (Wildman–Crippen MR) is 79.7 cm³/mol. The Morgan fingerprint density at radius 1 is 1.17 bits per heavy atom. The molecule has 0 saturated heterocycles. The summed E-state index contributed by atoms with van der Waals surface area (Å²) < 4.78 is 14.8. The molecular weight excluding hydrogens is 366 g/mol. The van der Waals surface area contributed by atoms with Crippen molar-refractivity contribution in [2.75, 3.05) is 0 Å². The van der Waals surface area contributed by atoms with Gasteiger partial charge >= 0.3 is 0 Å². The quantitative estimate of drug-likeness (QED) is 0.488. The Bertz CT molecular complexity index is 562. The zero-order valence-corrected chi connectivity index (χ0v) is 12.2. The third-order valence-corrected chi connectivity index (χ3v) is 3.87. The Labute approximate surface area is 123 Å². The molecule has 2 aromatic carbocycles. The molecule has 2 aromatic rings. The lowest BCUT2D eigenvalue weighted by atomic mass is 9.99. The molecule has 0 bridgehead atoms. The first-order chi connectivity index (χ1) is 8.63. The molecule has 0 heterocycles. The number of halogens is 3. The van der Waals surface area contributed by atoms with Crippen molar-refractivity contribution >= 4 is 34.2 Å². The van der Waals surface area contributed by atoms with Gasteiger partial charge in [0.1, 0.15) is 5.82 Å². The standard InChI is InChI=1S/C13H11ClFIN2/c14-8-5-6-12(16)10(7-8)13(18-17)9-3-1-2-4-11(9)15/h1-7,13,18H,17H2. The van der Waals surface area contributed by atoms with E-state index in [1.165, 1.54) is 6.07 Å². The minimum atomic E-state index is -0.420. The molecule has 0 spiro atoms. The molecule has 1 atom stereocenters. The fourth-order valence-electron chi connectivity index (χ4n) is 1.79. The van der Waals surface area contributed by atoms with Crippen LogP contribution >= 0.6 is 34.2 Å². The SMILES string of the molecule is NNC(c1ccccc1F)c1cc(Cl)ccc1I. The monoisotopic (exact) mass is 376 g/mol. The van der Waals surface area contributed by atoms with Crippen LogP contribution < -0.4 is 11.3 Å².